The summed E-state index contributed by atoms with van der Waals surface area (Å²) in [7, 11) is 2.72. The quantitative estimate of drug-likeness (QED) is 0.508. The SMILES string of the molecule is CC(C)(C)P(C(C)(C)C)C(C)(C)C.CCCCP. The van der Waals surface area contributed by atoms with Crippen LogP contribution >= 0.6 is 17.2 Å². The van der Waals surface area contributed by atoms with Gasteiger partial charge in [0, 0.05) is 0 Å². The molecule has 1 atom stereocenters. The fourth-order valence-corrected chi connectivity index (χ4v) is 9.67. The Labute approximate surface area is 121 Å². The van der Waals surface area contributed by atoms with E-state index in [1.54, 1.807) is 0 Å². The molecule has 0 aromatic heterocycles. The lowest BCUT2D eigenvalue weighted by atomic mass is 10.2. The average Bonchev–Trinajstić information content (AvgIpc) is 1.96. The van der Waals surface area contributed by atoms with E-state index in [-0.39, 0.29) is 7.92 Å². The van der Waals surface area contributed by atoms with Crippen molar-refractivity contribution in [1.29, 1.82) is 0 Å². The third kappa shape index (κ3) is 9.75. The molecule has 0 spiro atoms. The third-order valence-electron chi connectivity index (χ3n) is 2.57. The molecule has 0 rings (SSSR count). The monoisotopic (exact) mass is 292 g/mol. The molecule has 0 radical (unpaired) electrons. The van der Waals surface area contributed by atoms with Crippen molar-refractivity contribution in [3.63, 3.8) is 0 Å². The highest BCUT2D eigenvalue weighted by molar-refractivity contribution is 7.62. The summed E-state index contributed by atoms with van der Waals surface area (Å²) in [5, 5.41) is 1.35. The summed E-state index contributed by atoms with van der Waals surface area (Å²) in [4.78, 5) is 0. The smallest absolute Gasteiger partial charge is 0.0170 e. The standard InChI is InChI=1S/C12H27P.C4H11P/c1-10(2,3)13(11(4,5)6)12(7,8)9;1-2-3-4-5/h1-9H3;2-5H2,1H3. The van der Waals surface area contributed by atoms with E-state index in [4.69, 9.17) is 0 Å². The van der Waals surface area contributed by atoms with Crippen LogP contribution in [0.2, 0.25) is 0 Å². The van der Waals surface area contributed by atoms with Crippen molar-refractivity contribution in [2.45, 2.75) is 97.5 Å². The minimum Gasteiger partial charge on any atom is -0.138 e. The van der Waals surface area contributed by atoms with Crippen molar-refractivity contribution < 1.29 is 0 Å². The summed E-state index contributed by atoms with van der Waals surface area (Å²) >= 11 is 0. The van der Waals surface area contributed by atoms with Gasteiger partial charge in [0.05, 0.1) is 0 Å². The fourth-order valence-electron chi connectivity index (χ4n) is 3.22. The summed E-state index contributed by atoms with van der Waals surface area (Å²) < 4.78 is 0. The molecule has 2 heteroatoms. The Bertz CT molecular complexity index is 165. The summed E-state index contributed by atoms with van der Waals surface area (Å²) in [5.41, 5.74) is 0. The fraction of sp³-hybridized carbons (Fsp3) is 1.00. The highest BCUT2D eigenvalue weighted by Gasteiger charge is 2.41. The molecule has 0 aliphatic heterocycles. The van der Waals surface area contributed by atoms with Gasteiger partial charge in [-0.3, -0.25) is 0 Å². The Morgan fingerprint density at radius 2 is 1.00 bits per heavy atom. The molecule has 0 bridgehead atoms. The van der Waals surface area contributed by atoms with Gasteiger partial charge in [-0.15, -0.1) is 9.24 Å². The van der Waals surface area contributed by atoms with E-state index < -0.39 is 0 Å². The molecule has 0 saturated carbocycles. The van der Waals surface area contributed by atoms with Crippen LogP contribution in [-0.4, -0.2) is 21.6 Å². The Balaban J connectivity index is 0. The van der Waals surface area contributed by atoms with Crippen LogP contribution in [0.15, 0.2) is 0 Å². The molecule has 0 saturated heterocycles. The second-order valence-electron chi connectivity index (χ2n) is 7.99. The number of hydrogen-bond donors (Lipinski definition) is 0. The lowest BCUT2D eigenvalue weighted by molar-refractivity contribution is 0.644. The number of hydrogen-bond acceptors (Lipinski definition) is 0. The Kier molecular flexibility index (Phi) is 9.66. The Hall–Kier alpha value is 0.860. The molecule has 0 heterocycles. The molecular weight excluding hydrogens is 254 g/mol. The highest BCUT2D eigenvalue weighted by Crippen LogP contribution is 2.66. The van der Waals surface area contributed by atoms with Crippen molar-refractivity contribution >= 4 is 17.2 Å². The van der Waals surface area contributed by atoms with E-state index in [2.05, 4.69) is 78.5 Å². The predicted octanol–water partition coefficient (Wildman–Crippen LogP) is 6.53. The molecule has 0 aromatic rings. The van der Waals surface area contributed by atoms with Crippen molar-refractivity contribution in [3.05, 3.63) is 0 Å². The maximum atomic E-state index is 2.70. The normalized spacial score (nSPS) is 13.3. The molecule has 18 heavy (non-hydrogen) atoms. The second-order valence-corrected chi connectivity index (χ2v) is 13.3. The van der Waals surface area contributed by atoms with Gasteiger partial charge in [-0.25, -0.2) is 0 Å². The summed E-state index contributed by atoms with van der Waals surface area (Å²) in [6, 6.07) is 0. The number of unbranched alkanes of at least 4 members (excludes halogenated alkanes) is 1. The first-order valence-electron chi connectivity index (χ1n) is 7.29. The lowest BCUT2D eigenvalue weighted by Gasteiger charge is -2.49. The summed E-state index contributed by atoms with van der Waals surface area (Å²) in [6.45, 7) is 23.7. The zero-order chi connectivity index (χ0) is 15.2. The molecule has 112 valence electrons. The van der Waals surface area contributed by atoms with Gasteiger partial charge in [-0.05, 0) is 21.6 Å². The minimum absolute atomic E-state index is 0.0162. The van der Waals surface area contributed by atoms with Gasteiger partial charge in [-0.2, -0.15) is 0 Å². The van der Waals surface area contributed by atoms with Crippen LogP contribution in [0.4, 0.5) is 0 Å². The van der Waals surface area contributed by atoms with Crippen molar-refractivity contribution in [2.75, 3.05) is 6.16 Å². The van der Waals surface area contributed by atoms with Gasteiger partial charge < -0.3 is 0 Å². The maximum Gasteiger partial charge on any atom is -0.0170 e. The topological polar surface area (TPSA) is 0 Å². The third-order valence-corrected chi connectivity index (χ3v) is 7.00. The molecule has 0 aliphatic rings. The molecule has 0 nitrogen and oxygen atoms in total. The largest absolute Gasteiger partial charge is 0.138 e. The molecule has 0 aliphatic carbocycles. The molecule has 0 amide bonds. The molecule has 0 aromatic carbocycles. The Morgan fingerprint density at radius 1 is 0.722 bits per heavy atom. The first-order valence-corrected chi connectivity index (χ1v) is 9.44. The van der Waals surface area contributed by atoms with E-state index in [0.29, 0.717) is 15.5 Å². The van der Waals surface area contributed by atoms with Crippen molar-refractivity contribution in [3.8, 4) is 0 Å². The van der Waals surface area contributed by atoms with Crippen LogP contribution in [0.3, 0.4) is 0 Å². The lowest BCUT2D eigenvalue weighted by Crippen LogP contribution is -2.34. The average molecular weight is 292 g/mol. The molecule has 0 N–H and O–H groups in total. The Morgan fingerprint density at radius 3 is 1.00 bits per heavy atom. The van der Waals surface area contributed by atoms with Crippen LogP contribution in [-0.2, 0) is 0 Å². The van der Waals surface area contributed by atoms with Gasteiger partial charge in [0.25, 0.3) is 0 Å². The van der Waals surface area contributed by atoms with Crippen molar-refractivity contribution in [2.24, 2.45) is 0 Å². The van der Waals surface area contributed by atoms with Gasteiger partial charge in [0.15, 0.2) is 0 Å². The zero-order valence-corrected chi connectivity index (χ0v) is 16.7. The van der Waals surface area contributed by atoms with Crippen LogP contribution in [0.25, 0.3) is 0 Å². The van der Waals surface area contributed by atoms with E-state index in [0.717, 1.165) is 0 Å². The first kappa shape index (κ1) is 21.2. The predicted molar refractivity (Wildman–Crippen MR) is 95.7 cm³/mol. The molecule has 1 unspecified atom stereocenters. The van der Waals surface area contributed by atoms with Gasteiger partial charge in [0.2, 0.25) is 0 Å². The minimum atomic E-state index is 0.0162. The zero-order valence-electron chi connectivity index (χ0n) is 14.6. The van der Waals surface area contributed by atoms with E-state index >= 15 is 0 Å². The van der Waals surface area contributed by atoms with Gasteiger partial charge >= 0.3 is 0 Å². The van der Waals surface area contributed by atoms with Crippen LogP contribution < -0.4 is 0 Å². The second kappa shape index (κ2) is 8.21. The van der Waals surface area contributed by atoms with E-state index in [1.165, 1.54) is 19.0 Å². The molecular formula is C16H38P2. The van der Waals surface area contributed by atoms with E-state index in [1.807, 2.05) is 0 Å². The van der Waals surface area contributed by atoms with Crippen molar-refractivity contribution in [1.82, 2.24) is 0 Å². The van der Waals surface area contributed by atoms with Gasteiger partial charge in [0.1, 0.15) is 0 Å². The van der Waals surface area contributed by atoms with Gasteiger partial charge in [-0.1, -0.05) is 90.0 Å². The van der Waals surface area contributed by atoms with E-state index in [9.17, 15) is 0 Å². The first-order chi connectivity index (χ1) is 7.78. The van der Waals surface area contributed by atoms with Crippen LogP contribution in [0.5, 0.6) is 0 Å². The van der Waals surface area contributed by atoms with Crippen LogP contribution in [0, 0.1) is 0 Å². The molecule has 0 fully saturated rings. The summed E-state index contributed by atoms with van der Waals surface area (Å²) in [6.07, 6.45) is 3.94. The highest BCUT2D eigenvalue weighted by atomic mass is 31.1. The summed E-state index contributed by atoms with van der Waals surface area (Å²) in [5.74, 6) is 0. The maximum absolute atomic E-state index is 2.70. The van der Waals surface area contributed by atoms with Crippen LogP contribution in [0.1, 0.15) is 82.1 Å². The number of rotatable bonds is 2.